The maximum Gasteiger partial charge on any atom is 0.416 e. The van der Waals surface area contributed by atoms with Crippen molar-refractivity contribution in [1.82, 2.24) is 4.57 Å². The second-order valence-corrected chi connectivity index (χ2v) is 10.8. The van der Waals surface area contributed by atoms with Crippen LogP contribution in [0.25, 0.3) is 0 Å². The molecule has 0 bridgehead atoms. The van der Waals surface area contributed by atoms with E-state index in [1.165, 1.54) is 17.4 Å². The molecule has 1 aliphatic heterocycles. The Balaban J connectivity index is 1.72. The van der Waals surface area contributed by atoms with Crippen molar-refractivity contribution in [2.24, 2.45) is 4.99 Å². The predicted molar refractivity (Wildman–Crippen MR) is 132 cm³/mol. The van der Waals surface area contributed by atoms with Gasteiger partial charge in [-0.1, -0.05) is 51.1 Å². The number of alkyl halides is 3. The van der Waals surface area contributed by atoms with Crippen molar-refractivity contribution in [2.45, 2.75) is 64.5 Å². The molecule has 3 aromatic rings. The summed E-state index contributed by atoms with van der Waals surface area (Å²) in [6, 6.07) is 12.1. The highest BCUT2D eigenvalue weighted by Gasteiger charge is 2.32. The molecule has 5 nitrogen and oxygen atoms in total. The highest BCUT2D eigenvalue weighted by molar-refractivity contribution is 7.09. The number of carbonyl (C=O) groups is 1. The number of amides is 1. The minimum Gasteiger partial charge on any atom is -0.488 e. The van der Waals surface area contributed by atoms with Gasteiger partial charge in [0.15, 0.2) is 4.80 Å². The van der Waals surface area contributed by atoms with Gasteiger partial charge in [-0.3, -0.25) is 4.79 Å². The summed E-state index contributed by atoms with van der Waals surface area (Å²) in [6.45, 7) is 7.51. The topological polar surface area (TPSA) is 52.8 Å². The maximum atomic E-state index is 13.5. The largest absolute Gasteiger partial charge is 0.488 e. The highest BCUT2D eigenvalue weighted by atomic mass is 32.1. The van der Waals surface area contributed by atoms with Gasteiger partial charge in [0.1, 0.15) is 12.4 Å². The Morgan fingerprint density at radius 1 is 1.17 bits per heavy atom. The minimum atomic E-state index is -4.60. The van der Waals surface area contributed by atoms with Crippen LogP contribution >= 0.6 is 11.3 Å². The van der Waals surface area contributed by atoms with E-state index >= 15 is 0 Å². The van der Waals surface area contributed by atoms with Crippen LogP contribution in [-0.4, -0.2) is 23.2 Å². The van der Waals surface area contributed by atoms with Gasteiger partial charge < -0.3 is 14.0 Å². The second-order valence-electron chi connectivity index (χ2n) is 9.82. The first-order valence-electron chi connectivity index (χ1n) is 11.8. The van der Waals surface area contributed by atoms with Gasteiger partial charge >= 0.3 is 6.18 Å². The van der Waals surface area contributed by atoms with E-state index in [1.807, 2.05) is 41.1 Å². The van der Waals surface area contributed by atoms with Crippen molar-refractivity contribution in [2.75, 3.05) is 6.61 Å². The SMILES string of the molecule is CC(C)(C)c1cn(C[C@H]2CCCO2)c(=NC(=O)c2cc(C(F)(F)F)ccc2OCc2ccccc2)s1. The van der Waals surface area contributed by atoms with Crippen LogP contribution in [0.1, 0.15) is 60.0 Å². The Morgan fingerprint density at radius 2 is 1.92 bits per heavy atom. The van der Waals surface area contributed by atoms with E-state index in [9.17, 15) is 18.0 Å². The summed E-state index contributed by atoms with van der Waals surface area (Å²) >= 11 is 1.36. The monoisotopic (exact) mass is 518 g/mol. The Labute approximate surface area is 212 Å². The van der Waals surface area contributed by atoms with E-state index in [0.29, 0.717) is 18.0 Å². The van der Waals surface area contributed by atoms with Crippen LogP contribution in [0.15, 0.2) is 59.7 Å². The molecule has 1 fully saturated rings. The van der Waals surface area contributed by atoms with Crippen LogP contribution in [-0.2, 0) is 29.5 Å². The molecule has 2 aromatic carbocycles. The molecule has 4 rings (SSSR count). The van der Waals surface area contributed by atoms with Crippen molar-refractivity contribution in [3.8, 4) is 5.75 Å². The quantitative estimate of drug-likeness (QED) is 0.381. The third-order valence-electron chi connectivity index (χ3n) is 5.86. The maximum absolute atomic E-state index is 13.5. The first kappa shape index (κ1) is 26.2. The summed E-state index contributed by atoms with van der Waals surface area (Å²) in [5.74, 6) is -0.730. The third kappa shape index (κ3) is 6.44. The van der Waals surface area contributed by atoms with Crippen LogP contribution < -0.4 is 9.54 Å². The van der Waals surface area contributed by atoms with Crippen molar-refractivity contribution < 1.29 is 27.4 Å². The first-order valence-corrected chi connectivity index (χ1v) is 12.6. The van der Waals surface area contributed by atoms with Gasteiger partial charge in [0.05, 0.1) is 23.8 Å². The normalized spacial score (nSPS) is 16.9. The fourth-order valence-electron chi connectivity index (χ4n) is 3.83. The second kappa shape index (κ2) is 10.6. The third-order valence-corrected chi connectivity index (χ3v) is 7.30. The fraction of sp³-hybridized carbons (Fsp3) is 0.407. The van der Waals surface area contributed by atoms with E-state index in [4.69, 9.17) is 9.47 Å². The fourth-order valence-corrected chi connectivity index (χ4v) is 4.89. The molecule has 0 N–H and O–H groups in total. The lowest BCUT2D eigenvalue weighted by Gasteiger charge is -2.15. The molecule has 192 valence electrons. The smallest absolute Gasteiger partial charge is 0.416 e. The summed E-state index contributed by atoms with van der Waals surface area (Å²) in [4.78, 5) is 19.0. The predicted octanol–water partition coefficient (Wildman–Crippen LogP) is 6.37. The van der Waals surface area contributed by atoms with Gasteiger partial charge in [0.2, 0.25) is 0 Å². The van der Waals surface area contributed by atoms with Gasteiger partial charge in [0.25, 0.3) is 5.91 Å². The van der Waals surface area contributed by atoms with Gasteiger partial charge in [-0.15, -0.1) is 11.3 Å². The van der Waals surface area contributed by atoms with E-state index in [1.54, 1.807) is 0 Å². The molecule has 0 unspecified atom stereocenters. The number of rotatable bonds is 6. The number of aromatic nitrogens is 1. The zero-order valence-corrected chi connectivity index (χ0v) is 21.3. The zero-order valence-electron chi connectivity index (χ0n) is 20.5. The average molecular weight is 519 g/mol. The molecule has 1 aliphatic rings. The van der Waals surface area contributed by atoms with Crippen LogP contribution in [0.3, 0.4) is 0 Å². The molecule has 1 saturated heterocycles. The number of thiazole rings is 1. The number of ether oxygens (including phenoxy) is 2. The Morgan fingerprint density at radius 3 is 2.56 bits per heavy atom. The molecule has 36 heavy (non-hydrogen) atoms. The molecule has 1 atom stereocenters. The lowest BCUT2D eigenvalue weighted by Crippen LogP contribution is -2.23. The van der Waals surface area contributed by atoms with E-state index < -0.39 is 17.6 Å². The summed E-state index contributed by atoms with van der Waals surface area (Å²) in [6.07, 6.45) is -0.752. The van der Waals surface area contributed by atoms with Crippen LogP contribution in [0.5, 0.6) is 5.75 Å². The number of nitrogens with zero attached hydrogens (tertiary/aromatic N) is 2. The molecule has 1 aromatic heterocycles. The molecule has 1 amide bonds. The van der Waals surface area contributed by atoms with E-state index in [0.717, 1.165) is 35.4 Å². The molecule has 0 aliphatic carbocycles. The van der Waals surface area contributed by atoms with Gasteiger partial charge in [-0.2, -0.15) is 18.2 Å². The number of halogens is 3. The van der Waals surface area contributed by atoms with Crippen molar-refractivity contribution >= 4 is 17.2 Å². The van der Waals surface area contributed by atoms with E-state index in [2.05, 4.69) is 25.8 Å². The minimum absolute atomic E-state index is 0.0137. The molecule has 9 heteroatoms. The van der Waals surface area contributed by atoms with Crippen LogP contribution in [0, 0.1) is 0 Å². The highest BCUT2D eigenvalue weighted by Crippen LogP contribution is 2.33. The first-order chi connectivity index (χ1) is 17.0. The molecular weight excluding hydrogens is 489 g/mol. The number of carbonyl (C=O) groups excluding carboxylic acids is 1. The van der Waals surface area contributed by atoms with Crippen LogP contribution in [0.2, 0.25) is 0 Å². The molecule has 0 radical (unpaired) electrons. The molecule has 0 spiro atoms. The van der Waals surface area contributed by atoms with Gasteiger partial charge in [0, 0.05) is 17.7 Å². The van der Waals surface area contributed by atoms with Crippen molar-refractivity contribution in [3.05, 3.63) is 81.1 Å². The summed E-state index contributed by atoms with van der Waals surface area (Å²) in [5.41, 5.74) is -0.507. The van der Waals surface area contributed by atoms with Crippen LogP contribution in [0.4, 0.5) is 13.2 Å². The lowest BCUT2D eigenvalue weighted by molar-refractivity contribution is -0.137. The standard InChI is InChI=1S/C27H29F3N2O3S/c1-26(2,3)23-16-32(15-20-10-7-13-34-20)25(36-23)31-24(33)21-14-19(27(28,29)30)11-12-22(21)35-17-18-8-5-4-6-9-18/h4-6,8-9,11-12,14,16,20H,7,10,13,15,17H2,1-3H3/t20-/m1/s1. The van der Waals surface area contributed by atoms with Gasteiger partial charge in [-0.25, -0.2) is 0 Å². The Kier molecular flexibility index (Phi) is 7.70. The van der Waals surface area contributed by atoms with Crippen molar-refractivity contribution in [3.63, 3.8) is 0 Å². The molecule has 2 heterocycles. The molecule has 0 saturated carbocycles. The average Bonchev–Trinajstić information content (AvgIpc) is 3.48. The Hall–Kier alpha value is -2.91. The number of benzene rings is 2. The number of hydrogen-bond acceptors (Lipinski definition) is 4. The lowest BCUT2D eigenvalue weighted by atomic mass is 9.95. The van der Waals surface area contributed by atoms with Gasteiger partial charge in [-0.05, 0) is 42.0 Å². The molecular formula is C27H29F3N2O3S. The number of hydrogen-bond donors (Lipinski definition) is 0. The van der Waals surface area contributed by atoms with E-state index in [-0.39, 0.29) is 29.4 Å². The summed E-state index contributed by atoms with van der Waals surface area (Å²) in [5, 5.41) is 0. The zero-order chi connectivity index (χ0) is 25.9. The van der Waals surface area contributed by atoms with Crippen molar-refractivity contribution in [1.29, 1.82) is 0 Å². The Bertz CT molecular complexity index is 1270. The summed E-state index contributed by atoms with van der Waals surface area (Å²) in [7, 11) is 0. The summed E-state index contributed by atoms with van der Waals surface area (Å²) < 4.78 is 53.8.